The fraction of sp³-hybridized carbons (Fsp3) is 0.300. The number of hydrogen-bond acceptors (Lipinski definition) is 9. The van der Waals surface area contributed by atoms with Gasteiger partial charge in [0, 0.05) is 53.2 Å². The SMILES string of the molecule is CCN1CCc2nc3ccccc3c(C(=O)OC(C)C(=O)Nc3ccc(S(=O)(=O)Nc4nc(C)cc(C)n4)cc3)c2C1. The van der Waals surface area contributed by atoms with Gasteiger partial charge in [-0.3, -0.25) is 14.7 Å². The molecule has 2 aromatic heterocycles. The Kier molecular flexibility index (Phi) is 8.19. The van der Waals surface area contributed by atoms with Crippen molar-refractivity contribution < 1.29 is 22.7 Å². The topological polar surface area (TPSA) is 143 Å². The molecular formula is C30H32N6O5S. The predicted molar refractivity (Wildman–Crippen MR) is 159 cm³/mol. The van der Waals surface area contributed by atoms with Gasteiger partial charge in [0.05, 0.1) is 16.0 Å². The van der Waals surface area contributed by atoms with Gasteiger partial charge >= 0.3 is 5.97 Å². The molecule has 42 heavy (non-hydrogen) atoms. The van der Waals surface area contributed by atoms with Crippen LogP contribution in [0.2, 0.25) is 0 Å². The summed E-state index contributed by atoms with van der Waals surface area (Å²) in [4.78, 5) is 41.7. The summed E-state index contributed by atoms with van der Waals surface area (Å²) in [5.74, 6) is -1.17. The van der Waals surface area contributed by atoms with E-state index in [0.29, 0.717) is 40.1 Å². The third-order valence-electron chi connectivity index (χ3n) is 7.07. The fourth-order valence-electron chi connectivity index (χ4n) is 4.93. The zero-order chi connectivity index (χ0) is 30.0. The number of anilines is 2. The number of likely N-dealkylation sites (N-methyl/N-ethyl adjacent to an activating group) is 1. The fourth-order valence-corrected chi connectivity index (χ4v) is 5.88. The quantitative estimate of drug-likeness (QED) is 0.292. The van der Waals surface area contributed by atoms with Crippen LogP contribution in [-0.2, 0) is 32.5 Å². The highest BCUT2D eigenvalue weighted by Crippen LogP contribution is 2.29. The van der Waals surface area contributed by atoms with Gasteiger partial charge in [-0.2, -0.15) is 0 Å². The second kappa shape index (κ2) is 11.8. The second-order valence-corrected chi connectivity index (χ2v) is 11.9. The molecule has 0 aliphatic carbocycles. The first-order valence-corrected chi connectivity index (χ1v) is 15.1. The van der Waals surface area contributed by atoms with Crippen LogP contribution in [0.1, 0.15) is 46.9 Å². The van der Waals surface area contributed by atoms with Crippen LogP contribution in [0.25, 0.3) is 10.9 Å². The van der Waals surface area contributed by atoms with Crippen molar-refractivity contribution in [3.8, 4) is 0 Å². The number of nitrogens with zero attached hydrogens (tertiary/aromatic N) is 4. The van der Waals surface area contributed by atoms with Crippen molar-refractivity contribution in [3.63, 3.8) is 0 Å². The maximum Gasteiger partial charge on any atom is 0.339 e. The molecule has 0 bridgehead atoms. The molecule has 0 radical (unpaired) electrons. The highest BCUT2D eigenvalue weighted by Gasteiger charge is 2.28. The van der Waals surface area contributed by atoms with Crippen LogP contribution in [0.15, 0.2) is 59.5 Å². The van der Waals surface area contributed by atoms with Gasteiger partial charge in [-0.1, -0.05) is 25.1 Å². The Morgan fingerprint density at radius 1 is 1.02 bits per heavy atom. The first-order chi connectivity index (χ1) is 20.0. The Hall–Kier alpha value is -4.42. The minimum atomic E-state index is -3.95. The summed E-state index contributed by atoms with van der Waals surface area (Å²) in [6, 6.07) is 14.8. The number of rotatable bonds is 8. The molecule has 1 atom stereocenters. The number of benzene rings is 2. The van der Waals surface area contributed by atoms with Crippen molar-refractivity contribution in [2.45, 2.75) is 51.7 Å². The Balaban J connectivity index is 1.29. The van der Waals surface area contributed by atoms with Crippen LogP contribution in [-0.4, -0.2) is 59.3 Å². The Morgan fingerprint density at radius 3 is 2.40 bits per heavy atom. The van der Waals surface area contributed by atoms with Gasteiger partial charge in [0.2, 0.25) is 5.95 Å². The molecule has 3 heterocycles. The number of amides is 1. The van der Waals surface area contributed by atoms with Crippen molar-refractivity contribution >= 4 is 44.4 Å². The summed E-state index contributed by atoms with van der Waals surface area (Å²) in [6.45, 7) is 9.33. The van der Waals surface area contributed by atoms with E-state index in [1.807, 2.05) is 24.3 Å². The Morgan fingerprint density at radius 2 is 1.71 bits per heavy atom. The van der Waals surface area contributed by atoms with Gasteiger partial charge in [-0.05, 0) is 63.7 Å². The summed E-state index contributed by atoms with van der Waals surface area (Å²) < 4.78 is 33.7. The minimum absolute atomic E-state index is 0.0221. The largest absolute Gasteiger partial charge is 0.449 e. The zero-order valence-corrected chi connectivity index (χ0v) is 24.7. The molecule has 5 rings (SSSR count). The third kappa shape index (κ3) is 6.24. The number of aryl methyl sites for hydroxylation is 2. The van der Waals surface area contributed by atoms with E-state index in [9.17, 15) is 18.0 Å². The summed E-state index contributed by atoms with van der Waals surface area (Å²) in [5, 5.41) is 3.36. The third-order valence-corrected chi connectivity index (χ3v) is 8.41. The van der Waals surface area contributed by atoms with Crippen molar-refractivity contribution in [2.75, 3.05) is 23.1 Å². The molecule has 0 saturated carbocycles. The number of para-hydroxylation sites is 1. The normalized spacial score (nSPS) is 14.2. The highest BCUT2D eigenvalue weighted by atomic mass is 32.2. The number of fused-ring (bicyclic) bond motifs is 2. The smallest absolute Gasteiger partial charge is 0.339 e. The average Bonchev–Trinajstić information content (AvgIpc) is 2.95. The highest BCUT2D eigenvalue weighted by molar-refractivity contribution is 7.92. The number of sulfonamides is 1. The van der Waals surface area contributed by atoms with E-state index in [-0.39, 0.29) is 10.8 Å². The summed E-state index contributed by atoms with van der Waals surface area (Å²) in [5.41, 5.74) is 4.45. The molecule has 0 saturated heterocycles. The molecular weight excluding hydrogens is 556 g/mol. The van der Waals surface area contributed by atoms with Crippen LogP contribution < -0.4 is 10.0 Å². The number of esters is 1. The van der Waals surface area contributed by atoms with Crippen LogP contribution in [0, 0.1) is 13.8 Å². The van der Waals surface area contributed by atoms with Crippen LogP contribution in [0.3, 0.4) is 0 Å². The molecule has 2 aromatic carbocycles. The number of hydrogen-bond donors (Lipinski definition) is 2. The molecule has 1 aliphatic rings. The van der Waals surface area contributed by atoms with Crippen molar-refractivity contribution in [1.82, 2.24) is 19.9 Å². The number of carbonyl (C=O) groups excluding carboxylic acids is 2. The lowest BCUT2D eigenvalue weighted by atomic mass is 9.95. The van der Waals surface area contributed by atoms with Gasteiger partial charge in [0.15, 0.2) is 6.10 Å². The van der Waals surface area contributed by atoms with E-state index in [4.69, 9.17) is 9.72 Å². The molecule has 12 heteroatoms. The molecule has 4 aromatic rings. The molecule has 0 spiro atoms. The number of aromatic nitrogens is 3. The van der Waals surface area contributed by atoms with Gasteiger partial charge in [-0.25, -0.2) is 27.9 Å². The van der Waals surface area contributed by atoms with E-state index in [1.165, 1.54) is 31.2 Å². The monoisotopic (exact) mass is 588 g/mol. The zero-order valence-electron chi connectivity index (χ0n) is 23.8. The van der Waals surface area contributed by atoms with Gasteiger partial charge in [-0.15, -0.1) is 0 Å². The molecule has 1 amide bonds. The van der Waals surface area contributed by atoms with Gasteiger partial charge < -0.3 is 10.1 Å². The summed E-state index contributed by atoms with van der Waals surface area (Å²) in [6.07, 6.45) is -0.388. The molecule has 0 fully saturated rings. The first kappa shape index (κ1) is 29.1. The predicted octanol–water partition coefficient (Wildman–Crippen LogP) is 4.00. The van der Waals surface area contributed by atoms with Crippen LogP contribution in [0.4, 0.5) is 11.6 Å². The molecule has 1 aliphatic heterocycles. The maximum atomic E-state index is 13.5. The average molecular weight is 589 g/mol. The minimum Gasteiger partial charge on any atom is -0.449 e. The maximum absolute atomic E-state index is 13.5. The molecule has 2 N–H and O–H groups in total. The van der Waals surface area contributed by atoms with E-state index in [2.05, 4.69) is 31.8 Å². The Labute approximate surface area is 244 Å². The van der Waals surface area contributed by atoms with Crippen LogP contribution >= 0.6 is 0 Å². The lowest BCUT2D eigenvalue weighted by Gasteiger charge is -2.29. The first-order valence-electron chi connectivity index (χ1n) is 13.6. The van der Waals surface area contributed by atoms with Gasteiger partial charge in [0.25, 0.3) is 15.9 Å². The van der Waals surface area contributed by atoms with Gasteiger partial charge in [0.1, 0.15) is 0 Å². The van der Waals surface area contributed by atoms with Crippen molar-refractivity contribution in [2.24, 2.45) is 0 Å². The number of ether oxygens (including phenoxy) is 1. The number of carbonyl (C=O) groups is 2. The van der Waals surface area contributed by atoms with E-state index in [0.717, 1.165) is 30.8 Å². The Bertz CT molecular complexity index is 1760. The van der Waals surface area contributed by atoms with Crippen molar-refractivity contribution in [3.05, 3.63) is 82.8 Å². The number of pyridine rings is 1. The molecule has 1 unspecified atom stereocenters. The standard InChI is InChI=1S/C30H32N6O5S/c1-5-36-15-14-26-24(17-36)27(23-8-6-7-9-25(23)34-26)29(38)41-20(4)28(37)33-21-10-12-22(13-11-21)42(39,40)35-30-31-18(2)16-19(3)32-30/h6-13,16,20H,5,14-15,17H2,1-4H3,(H,33,37)(H,31,32,35). The number of nitrogens with one attached hydrogen (secondary N) is 2. The van der Waals surface area contributed by atoms with Crippen molar-refractivity contribution in [1.29, 1.82) is 0 Å². The van der Waals surface area contributed by atoms with E-state index < -0.39 is 28.0 Å². The van der Waals surface area contributed by atoms with E-state index in [1.54, 1.807) is 19.9 Å². The summed E-state index contributed by atoms with van der Waals surface area (Å²) in [7, 11) is -3.95. The van der Waals surface area contributed by atoms with Crippen LogP contribution in [0.5, 0.6) is 0 Å². The van der Waals surface area contributed by atoms with E-state index >= 15 is 0 Å². The lowest BCUT2D eigenvalue weighted by molar-refractivity contribution is -0.123. The molecule has 218 valence electrons. The second-order valence-electron chi connectivity index (χ2n) is 10.2. The molecule has 11 nitrogen and oxygen atoms in total. The summed E-state index contributed by atoms with van der Waals surface area (Å²) >= 11 is 0. The lowest BCUT2D eigenvalue weighted by Crippen LogP contribution is -2.34.